The first-order valence-corrected chi connectivity index (χ1v) is 22.1. The number of Topliss-reactive ketones (excluding diaryl/α,β-unsaturated/α-hetero) is 2. The first kappa shape index (κ1) is 50.0. The molecule has 1 aliphatic heterocycles. The van der Waals surface area contributed by atoms with Gasteiger partial charge in [0.05, 0.1) is 38.1 Å². The van der Waals surface area contributed by atoms with Gasteiger partial charge in [0, 0.05) is 54.0 Å². The molecule has 0 spiro atoms. The number of hydrogen-bond donors (Lipinski definition) is 6. The number of alkyl halides is 2. The zero-order chi connectivity index (χ0) is 43.9. The standard InChI is InChI=1S/C34H49F2N4O16PS2/c1-3-20(31(47)48)17-58-24-4-5-25(24)59-18-21(14-22(42)9-13-53-12-8-19(2)41)30(46)37-10-6-28(44)54-16-27(43)38-26-7-11-40(33(49)39-26)32-34(35,36)29(45)23(56-32)15-55-57(50,51)52/h7,11,20-21,23-25,29,32,45H,3-6,8-10,12-18H2,1-2H3,(H,37,46)(H,47,48)(H2,50,51,52)(H,38,39,43,49)/t20?,21?,23-,24?,25?,29-,32-/m1/s1. The van der Waals surface area contributed by atoms with Crippen LogP contribution in [0.25, 0.3) is 0 Å². The Morgan fingerprint density at radius 2 is 1.71 bits per heavy atom. The summed E-state index contributed by atoms with van der Waals surface area (Å²) < 4.78 is 59.9. The second-order valence-electron chi connectivity index (χ2n) is 13.7. The first-order chi connectivity index (χ1) is 27.7. The van der Waals surface area contributed by atoms with Crippen LogP contribution in [0, 0.1) is 11.8 Å². The zero-order valence-electron chi connectivity index (χ0n) is 32.2. The summed E-state index contributed by atoms with van der Waals surface area (Å²) in [5.41, 5.74) is -1.37. The molecule has 20 nitrogen and oxygen atoms in total. The van der Waals surface area contributed by atoms with Crippen molar-refractivity contribution in [2.24, 2.45) is 11.8 Å². The highest BCUT2D eigenvalue weighted by atomic mass is 32.2. The molecule has 1 aromatic heterocycles. The number of carbonyl (C=O) groups is 6. The molecule has 7 atom stereocenters. The number of anilines is 1. The Bertz CT molecular complexity index is 1750. The number of amides is 2. The summed E-state index contributed by atoms with van der Waals surface area (Å²) >= 11 is 3.11. The minimum atomic E-state index is -5.10. The Morgan fingerprint density at radius 1 is 1.07 bits per heavy atom. The molecule has 2 amide bonds. The predicted octanol–water partition coefficient (Wildman–Crippen LogP) is 1.30. The van der Waals surface area contributed by atoms with Crippen LogP contribution < -0.4 is 16.3 Å². The van der Waals surface area contributed by atoms with E-state index in [1.54, 1.807) is 11.8 Å². The number of nitrogens with one attached hydrogen (secondary N) is 2. The van der Waals surface area contributed by atoms with E-state index in [1.807, 2.05) is 6.92 Å². The number of thioether (sulfide) groups is 2. The number of esters is 1. The number of aliphatic hydroxyl groups excluding tert-OH is 1. The van der Waals surface area contributed by atoms with Crippen molar-refractivity contribution < 1.29 is 80.8 Å². The minimum absolute atomic E-state index is 0.0279. The third-order valence-electron chi connectivity index (χ3n) is 9.11. The van der Waals surface area contributed by atoms with Crippen LogP contribution in [0.15, 0.2) is 17.1 Å². The lowest BCUT2D eigenvalue weighted by Gasteiger charge is -2.36. The molecule has 0 bridgehead atoms. The first-order valence-electron chi connectivity index (χ1n) is 18.5. The molecule has 25 heteroatoms. The summed E-state index contributed by atoms with van der Waals surface area (Å²) in [7, 11) is -5.10. The highest BCUT2D eigenvalue weighted by molar-refractivity contribution is 8.04. The molecule has 1 saturated heterocycles. The zero-order valence-corrected chi connectivity index (χ0v) is 34.7. The van der Waals surface area contributed by atoms with Gasteiger partial charge in [0.25, 0.3) is 5.91 Å². The molecule has 2 heterocycles. The Hall–Kier alpha value is -3.35. The Balaban J connectivity index is 1.47. The summed E-state index contributed by atoms with van der Waals surface area (Å²) in [4.78, 5) is 107. The highest BCUT2D eigenvalue weighted by Crippen LogP contribution is 2.45. The maximum absolute atomic E-state index is 14.7. The fourth-order valence-electron chi connectivity index (χ4n) is 5.54. The number of halogens is 2. The van der Waals surface area contributed by atoms with Crippen molar-refractivity contribution >= 4 is 72.5 Å². The average molecular weight is 903 g/mol. The highest BCUT2D eigenvalue weighted by Gasteiger charge is 2.60. The quantitative estimate of drug-likeness (QED) is 0.0412. The van der Waals surface area contributed by atoms with Crippen molar-refractivity contribution in [3.63, 3.8) is 0 Å². The van der Waals surface area contributed by atoms with Crippen LogP contribution in [-0.2, 0) is 52.1 Å². The van der Waals surface area contributed by atoms with Gasteiger partial charge in [0.1, 0.15) is 23.5 Å². The molecule has 59 heavy (non-hydrogen) atoms. The molecule has 1 aromatic rings. The van der Waals surface area contributed by atoms with Gasteiger partial charge in [-0.25, -0.2) is 9.36 Å². The lowest BCUT2D eigenvalue weighted by Crippen LogP contribution is -2.42. The number of nitrogens with zero attached hydrogens (tertiary/aromatic N) is 2. The minimum Gasteiger partial charge on any atom is -0.481 e. The molecule has 1 saturated carbocycles. The van der Waals surface area contributed by atoms with Gasteiger partial charge in [-0.1, -0.05) is 6.92 Å². The number of aliphatic carboxylic acids is 1. The topological polar surface area (TPSA) is 296 Å². The van der Waals surface area contributed by atoms with E-state index in [4.69, 9.17) is 24.0 Å². The van der Waals surface area contributed by atoms with Crippen molar-refractivity contribution in [2.75, 3.05) is 49.8 Å². The predicted molar refractivity (Wildman–Crippen MR) is 206 cm³/mol. The Kier molecular flexibility index (Phi) is 20.0. The maximum Gasteiger partial charge on any atom is 0.469 e. The summed E-state index contributed by atoms with van der Waals surface area (Å²) in [5, 5.41) is 24.4. The van der Waals surface area contributed by atoms with Gasteiger partial charge in [0.15, 0.2) is 12.7 Å². The van der Waals surface area contributed by atoms with Crippen LogP contribution in [0.5, 0.6) is 0 Å². The monoisotopic (exact) mass is 902 g/mol. The second-order valence-corrected chi connectivity index (χ2v) is 17.5. The number of phosphoric ester groups is 1. The molecule has 1 aliphatic carbocycles. The van der Waals surface area contributed by atoms with Gasteiger partial charge in [-0.15, -0.1) is 0 Å². The number of ether oxygens (including phenoxy) is 3. The molecule has 0 radical (unpaired) electrons. The van der Waals surface area contributed by atoms with Crippen LogP contribution in [0.2, 0.25) is 0 Å². The summed E-state index contributed by atoms with van der Waals surface area (Å²) in [6.45, 7) is 1.31. The van der Waals surface area contributed by atoms with Gasteiger partial charge in [-0.3, -0.25) is 37.9 Å². The lowest BCUT2D eigenvalue weighted by molar-refractivity contribution is -0.147. The van der Waals surface area contributed by atoms with Crippen molar-refractivity contribution in [3.8, 4) is 0 Å². The number of carboxylic acid groups (broad SMARTS) is 1. The van der Waals surface area contributed by atoms with Crippen LogP contribution in [-0.4, -0.2) is 138 Å². The fourth-order valence-corrected chi connectivity index (χ4v) is 9.26. The normalized spacial score (nSPS) is 22.1. The number of ketones is 2. The van der Waals surface area contributed by atoms with Gasteiger partial charge in [-0.2, -0.15) is 37.3 Å². The van der Waals surface area contributed by atoms with Gasteiger partial charge in [0.2, 0.25) is 12.1 Å². The van der Waals surface area contributed by atoms with Crippen LogP contribution in [0.3, 0.4) is 0 Å². The lowest BCUT2D eigenvalue weighted by atomic mass is 9.99. The molecular formula is C34H49F2N4O16PS2. The van der Waals surface area contributed by atoms with Gasteiger partial charge in [-0.05, 0) is 32.3 Å². The molecule has 3 rings (SSSR count). The molecular weight excluding hydrogens is 853 g/mol. The van der Waals surface area contributed by atoms with Crippen molar-refractivity contribution in [2.45, 2.75) is 93.7 Å². The summed E-state index contributed by atoms with van der Waals surface area (Å²) in [6.07, 6.45) is -4.16. The smallest absolute Gasteiger partial charge is 0.469 e. The van der Waals surface area contributed by atoms with Crippen molar-refractivity contribution in [1.29, 1.82) is 0 Å². The van der Waals surface area contributed by atoms with Crippen LogP contribution in [0.4, 0.5) is 14.6 Å². The molecule has 2 aliphatic rings. The Labute approximate surface area is 345 Å². The van der Waals surface area contributed by atoms with Gasteiger partial charge < -0.3 is 44.8 Å². The van der Waals surface area contributed by atoms with Crippen LogP contribution >= 0.6 is 31.3 Å². The van der Waals surface area contributed by atoms with Gasteiger partial charge >= 0.3 is 31.4 Å². The third-order valence-corrected chi connectivity index (χ3v) is 12.9. The molecule has 4 unspecified atom stereocenters. The number of rotatable bonds is 27. The van der Waals surface area contributed by atoms with E-state index < -0.39 is 92.5 Å². The third kappa shape index (κ3) is 16.6. The van der Waals surface area contributed by atoms with Crippen molar-refractivity contribution in [3.05, 3.63) is 22.7 Å². The van der Waals surface area contributed by atoms with E-state index >= 15 is 0 Å². The number of aliphatic hydroxyl groups is 1. The van der Waals surface area contributed by atoms with E-state index in [1.165, 1.54) is 18.7 Å². The number of aromatic nitrogens is 2. The molecule has 6 N–H and O–H groups in total. The van der Waals surface area contributed by atoms with Crippen LogP contribution in [0.1, 0.15) is 65.0 Å². The number of carbonyl (C=O) groups excluding carboxylic acids is 5. The molecule has 2 fully saturated rings. The number of carboxylic acids is 1. The summed E-state index contributed by atoms with van der Waals surface area (Å²) in [5.74, 6) is -8.50. The maximum atomic E-state index is 14.7. The SMILES string of the molecule is CCC(CSC1CCC1SCC(CC(=O)CCOCCC(C)=O)C(=O)NCCC(=O)OCC(=O)Nc1ccn([C@@H]2O[C@H](COP(=O)(O)O)[C@@H](O)C2(F)F)c(=O)n1)C(=O)O. The van der Waals surface area contributed by atoms with E-state index in [0.717, 1.165) is 25.1 Å². The summed E-state index contributed by atoms with van der Waals surface area (Å²) in [6, 6.07) is 0.925. The molecule has 332 valence electrons. The largest absolute Gasteiger partial charge is 0.481 e. The number of hydrogen-bond acceptors (Lipinski definition) is 16. The van der Waals surface area contributed by atoms with Crippen molar-refractivity contribution in [1.82, 2.24) is 14.9 Å². The van der Waals surface area contributed by atoms with E-state index in [9.17, 15) is 57.1 Å². The van der Waals surface area contributed by atoms with E-state index in [0.29, 0.717) is 12.2 Å². The van der Waals surface area contributed by atoms with E-state index in [2.05, 4.69) is 20.1 Å². The fraction of sp³-hybridized carbons (Fsp3) is 0.706. The molecule has 0 aromatic carbocycles. The average Bonchev–Trinajstić information content (AvgIpc) is 3.36. The number of phosphoric acid groups is 1. The Morgan fingerprint density at radius 3 is 2.29 bits per heavy atom. The second kappa shape index (κ2) is 23.6. The van der Waals surface area contributed by atoms with E-state index in [-0.39, 0.29) is 77.8 Å².